The Morgan fingerprint density at radius 1 is 0.950 bits per heavy atom. The molecule has 1 atom stereocenters. The number of hydrogen-bond acceptors (Lipinski definition) is 2. The van der Waals surface area contributed by atoms with Crippen LogP contribution in [0.25, 0.3) is 0 Å². The van der Waals surface area contributed by atoms with Crippen molar-refractivity contribution in [2.24, 2.45) is 0 Å². The third-order valence-corrected chi connectivity index (χ3v) is 3.24. The van der Waals surface area contributed by atoms with E-state index >= 15 is 0 Å². The van der Waals surface area contributed by atoms with Crippen molar-refractivity contribution in [1.82, 2.24) is 10.3 Å². The Morgan fingerprint density at radius 3 is 2.20 bits per heavy atom. The maximum atomic E-state index is 13.9. The second-order valence-corrected chi connectivity index (χ2v) is 4.61. The number of nitrogens with zero attached hydrogens (tertiary/aromatic N) is 1. The molecule has 2 rings (SSSR count). The van der Waals surface area contributed by atoms with Gasteiger partial charge in [0.2, 0.25) is 0 Å². The Hall–Kier alpha value is -1.88. The minimum Gasteiger partial charge on any atom is -0.309 e. The second kappa shape index (κ2) is 5.63. The Labute approximate surface area is 115 Å². The first-order valence-electron chi connectivity index (χ1n) is 6.20. The van der Waals surface area contributed by atoms with E-state index in [-0.39, 0.29) is 5.56 Å². The lowest BCUT2D eigenvalue weighted by atomic mass is 9.96. The fourth-order valence-corrected chi connectivity index (χ4v) is 2.24. The number of halogens is 3. The Balaban J connectivity index is 2.55. The molecule has 1 unspecified atom stereocenters. The molecule has 2 aromatic rings. The van der Waals surface area contributed by atoms with Crippen LogP contribution in [0.3, 0.4) is 0 Å². The van der Waals surface area contributed by atoms with Crippen LogP contribution in [0.15, 0.2) is 24.3 Å². The van der Waals surface area contributed by atoms with Crippen LogP contribution in [0.5, 0.6) is 0 Å². The zero-order chi connectivity index (χ0) is 14.9. The maximum absolute atomic E-state index is 13.9. The average Bonchev–Trinajstić information content (AvgIpc) is 2.41. The second-order valence-electron chi connectivity index (χ2n) is 4.61. The lowest BCUT2D eigenvalue weighted by Crippen LogP contribution is -2.21. The summed E-state index contributed by atoms with van der Waals surface area (Å²) in [6.07, 6.45) is 0. The molecule has 1 heterocycles. The summed E-state index contributed by atoms with van der Waals surface area (Å²) in [6, 6.07) is 5.19. The van der Waals surface area contributed by atoms with E-state index in [0.29, 0.717) is 5.69 Å². The molecular weight excluding hydrogens is 265 g/mol. The summed E-state index contributed by atoms with van der Waals surface area (Å²) in [5.41, 5.74) is 2.34. The van der Waals surface area contributed by atoms with E-state index in [9.17, 15) is 13.2 Å². The van der Waals surface area contributed by atoms with Crippen molar-refractivity contribution in [3.63, 3.8) is 0 Å². The normalized spacial score (nSPS) is 12.5. The van der Waals surface area contributed by atoms with E-state index in [0.717, 1.165) is 17.3 Å². The predicted octanol–water partition coefficient (Wildman–Crippen LogP) is 3.42. The standard InChI is InChI=1S/C15H15F3N2/c1-8-4-5-10(9(2)20-8)15(19-3)11-6-7-12(16)14(18)13(11)17/h4-7,15,19H,1-3H3. The van der Waals surface area contributed by atoms with Gasteiger partial charge >= 0.3 is 0 Å². The first kappa shape index (κ1) is 14.5. The van der Waals surface area contributed by atoms with Crippen LogP contribution in [0.2, 0.25) is 0 Å². The van der Waals surface area contributed by atoms with Gasteiger partial charge in [0.15, 0.2) is 17.5 Å². The number of aryl methyl sites for hydroxylation is 2. The van der Waals surface area contributed by atoms with Crippen molar-refractivity contribution in [3.05, 3.63) is 64.2 Å². The highest BCUT2D eigenvalue weighted by Gasteiger charge is 2.22. The highest BCUT2D eigenvalue weighted by Crippen LogP contribution is 2.28. The Bertz CT molecular complexity index is 641. The maximum Gasteiger partial charge on any atom is 0.194 e. The van der Waals surface area contributed by atoms with Crippen molar-refractivity contribution in [2.45, 2.75) is 19.9 Å². The van der Waals surface area contributed by atoms with Crippen molar-refractivity contribution >= 4 is 0 Å². The summed E-state index contributed by atoms with van der Waals surface area (Å²) in [6.45, 7) is 3.65. The molecule has 5 heteroatoms. The zero-order valence-corrected chi connectivity index (χ0v) is 11.5. The van der Waals surface area contributed by atoms with Crippen molar-refractivity contribution in [1.29, 1.82) is 0 Å². The Kier molecular flexibility index (Phi) is 4.09. The fraction of sp³-hybridized carbons (Fsp3) is 0.267. The molecule has 0 amide bonds. The van der Waals surface area contributed by atoms with Gasteiger partial charge in [-0.2, -0.15) is 0 Å². The number of aromatic nitrogens is 1. The molecule has 2 nitrogen and oxygen atoms in total. The van der Waals surface area contributed by atoms with Gasteiger partial charge in [-0.15, -0.1) is 0 Å². The van der Waals surface area contributed by atoms with E-state index in [1.165, 1.54) is 6.07 Å². The minimum absolute atomic E-state index is 0.0557. The molecule has 0 aliphatic heterocycles. The van der Waals surface area contributed by atoms with Crippen LogP contribution in [0, 0.1) is 31.3 Å². The predicted molar refractivity (Wildman–Crippen MR) is 70.9 cm³/mol. The molecule has 0 bridgehead atoms. The molecule has 0 saturated heterocycles. The molecule has 1 N–H and O–H groups in total. The third kappa shape index (κ3) is 2.54. The van der Waals surface area contributed by atoms with Gasteiger partial charge in [0, 0.05) is 17.0 Å². The van der Waals surface area contributed by atoms with Crippen LogP contribution in [0.4, 0.5) is 13.2 Å². The topological polar surface area (TPSA) is 24.9 Å². The van der Waals surface area contributed by atoms with Gasteiger partial charge in [-0.25, -0.2) is 13.2 Å². The summed E-state index contributed by atoms with van der Waals surface area (Å²) in [5.74, 6) is -3.83. The van der Waals surface area contributed by atoms with E-state index in [1.807, 2.05) is 6.92 Å². The van der Waals surface area contributed by atoms with Crippen molar-refractivity contribution in [2.75, 3.05) is 7.05 Å². The van der Waals surface area contributed by atoms with Gasteiger partial charge in [-0.3, -0.25) is 4.98 Å². The van der Waals surface area contributed by atoms with Gasteiger partial charge in [-0.1, -0.05) is 12.1 Å². The first-order chi connectivity index (χ1) is 9.45. The summed E-state index contributed by atoms with van der Waals surface area (Å²) < 4.78 is 40.3. The monoisotopic (exact) mass is 280 g/mol. The summed E-state index contributed by atoms with van der Waals surface area (Å²) >= 11 is 0. The number of hydrogen-bond donors (Lipinski definition) is 1. The summed E-state index contributed by atoms with van der Waals surface area (Å²) in [4.78, 5) is 4.31. The summed E-state index contributed by atoms with van der Waals surface area (Å²) in [7, 11) is 1.63. The lowest BCUT2D eigenvalue weighted by Gasteiger charge is -2.20. The molecule has 106 valence electrons. The molecule has 0 aliphatic rings. The molecule has 0 spiro atoms. The van der Waals surface area contributed by atoms with E-state index in [4.69, 9.17) is 0 Å². The quantitative estimate of drug-likeness (QED) is 0.871. The summed E-state index contributed by atoms with van der Waals surface area (Å²) in [5, 5.41) is 2.91. The van der Waals surface area contributed by atoms with Gasteiger partial charge < -0.3 is 5.32 Å². The van der Waals surface area contributed by atoms with Crippen molar-refractivity contribution in [3.8, 4) is 0 Å². The molecule has 0 fully saturated rings. The number of benzene rings is 1. The van der Waals surface area contributed by atoms with E-state index < -0.39 is 23.5 Å². The molecule has 0 radical (unpaired) electrons. The van der Waals surface area contributed by atoms with Gasteiger partial charge in [0.05, 0.1) is 6.04 Å². The molecule has 1 aromatic heterocycles. The molecular formula is C15H15F3N2. The van der Waals surface area contributed by atoms with Crippen LogP contribution in [-0.4, -0.2) is 12.0 Å². The van der Waals surface area contributed by atoms with E-state index in [1.54, 1.807) is 26.1 Å². The van der Waals surface area contributed by atoms with Crippen LogP contribution >= 0.6 is 0 Å². The molecule has 0 aliphatic carbocycles. The van der Waals surface area contributed by atoms with E-state index in [2.05, 4.69) is 10.3 Å². The van der Waals surface area contributed by atoms with Crippen LogP contribution < -0.4 is 5.32 Å². The molecule has 20 heavy (non-hydrogen) atoms. The SMILES string of the molecule is CNC(c1ccc(C)nc1C)c1ccc(F)c(F)c1F. The number of rotatable bonds is 3. The van der Waals surface area contributed by atoms with Gasteiger partial charge in [-0.05, 0) is 38.6 Å². The van der Waals surface area contributed by atoms with Crippen LogP contribution in [0.1, 0.15) is 28.6 Å². The number of nitrogens with one attached hydrogen (secondary N) is 1. The molecule has 1 aromatic carbocycles. The zero-order valence-electron chi connectivity index (χ0n) is 11.5. The van der Waals surface area contributed by atoms with Gasteiger partial charge in [0.1, 0.15) is 0 Å². The van der Waals surface area contributed by atoms with Crippen LogP contribution in [-0.2, 0) is 0 Å². The largest absolute Gasteiger partial charge is 0.309 e. The number of pyridine rings is 1. The smallest absolute Gasteiger partial charge is 0.194 e. The Morgan fingerprint density at radius 2 is 1.60 bits per heavy atom. The fourth-order valence-electron chi connectivity index (χ4n) is 2.24. The highest BCUT2D eigenvalue weighted by atomic mass is 19.2. The highest BCUT2D eigenvalue weighted by molar-refractivity contribution is 5.36. The van der Waals surface area contributed by atoms with Crippen molar-refractivity contribution < 1.29 is 13.2 Å². The first-order valence-corrected chi connectivity index (χ1v) is 6.20. The van der Waals surface area contributed by atoms with Gasteiger partial charge in [0.25, 0.3) is 0 Å². The lowest BCUT2D eigenvalue weighted by molar-refractivity contribution is 0.435. The average molecular weight is 280 g/mol. The minimum atomic E-state index is -1.46. The third-order valence-electron chi connectivity index (χ3n) is 3.24. The molecule has 0 saturated carbocycles.